The van der Waals surface area contributed by atoms with E-state index in [0.717, 1.165) is 61.7 Å². The van der Waals surface area contributed by atoms with E-state index in [4.69, 9.17) is 11.6 Å². The lowest BCUT2D eigenvalue weighted by atomic mass is 9.96. The Kier molecular flexibility index (Phi) is 7.05. The topological polar surface area (TPSA) is 56.8 Å². The first-order valence-corrected chi connectivity index (χ1v) is 12.1. The molecule has 0 unspecified atom stereocenters. The van der Waals surface area contributed by atoms with E-state index in [1.807, 2.05) is 41.0 Å². The Morgan fingerprint density at radius 3 is 2.42 bits per heavy atom. The third-order valence-corrected chi connectivity index (χ3v) is 7.08. The third kappa shape index (κ3) is 5.39. The molecular weight excluding hydrogens is 436 g/mol. The zero-order chi connectivity index (χ0) is 23.7. The summed E-state index contributed by atoms with van der Waals surface area (Å²) in [5.41, 5.74) is 4.71. The molecule has 7 heteroatoms. The van der Waals surface area contributed by atoms with Crippen molar-refractivity contribution in [3.05, 3.63) is 63.4 Å². The fraction of sp³-hybridized carbons (Fsp3) is 0.500. The van der Waals surface area contributed by atoms with E-state index >= 15 is 0 Å². The summed E-state index contributed by atoms with van der Waals surface area (Å²) in [6.45, 7) is 13.2. The number of rotatable bonds is 5. The number of aromatic nitrogens is 1. The molecule has 0 bridgehead atoms. The van der Waals surface area contributed by atoms with Gasteiger partial charge in [-0.15, -0.1) is 0 Å². The highest BCUT2D eigenvalue weighted by Gasteiger charge is 2.35. The molecule has 0 spiro atoms. The number of likely N-dealkylation sites (tertiary alicyclic amines) is 1. The van der Waals surface area contributed by atoms with Crippen molar-refractivity contribution >= 4 is 23.4 Å². The maximum atomic E-state index is 12.8. The molecule has 0 radical (unpaired) electrons. The molecule has 2 amide bonds. The highest BCUT2D eigenvalue weighted by atomic mass is 35.5. The van der Waals surface area contributed by atoms with Gasteiger partial charge >= 0.3 is 6.03 Å². The molecule has 1 atom stereocenters. The molecule has 1 aromatic heterocycles. The van der Waals surface area contributed by atoms with Crippen molar-refractivity contribution in [2.75, 3.05) is 32.7 Å². The first-order valence-electron chi connectivity index (χ1n) is 11.7. The van der Waals surface area contributed by atoms with Crippen LogP contribution < -0.4 is 0 Å². The molecule has 6 nitrogen and oxygen atoms in total. The van der Waals surface area contributed by atoms with Gasteiger partial charge in [0.25, 0.3) is 0 Å². The van der Waals surface area contributed by atoms with E-state index in [1.165, 1.54) is 0 Å². The van der Waals surface area contributed by atoms with Gasteiger partial charge < -0.3 is 9.80 Å². The van der Waals surface area contributed by atoms with E-state index in [9.17, 15) is 9.59 Å². The van der Waals surface area contributed by atoms with Crippen LogP contribution in [-0.4, -0.2) is 70.3 Å². The van der Waals surface area contributed by atoms with Gasteiger partial charge in [-0.05, 0) is 67.6 Å². The zero-order valence-corrected chi connectivity index (χ0v) is 20.7. The number of carbonyl (C=O) groups is 2. The first kappa shape index (κ1) is 23.7. The van der Waals surface area contributed by atoms with Crippen molar-refractivity contribution in [2.45, 2.75) is 46.7 Å². The van der Waals surface area contributed by atoms with E-state index < -0.39 is 0 Å². The van der Waals surface area contributed by atoms with Crippen LogP contribution in [0.1, 0.15) is 46.6 Å². The number of aryl methyl sites for hydroxylation is 1. The molecule has 2 aromatic rings. The molecule has 0 aliphatic carbocycles. The van der Waals surface area contributed by atoms with Crippen LogP contribution in [0.25, 0.3) is 0 Å². The number of pyridine rings is 1. The Bertz CT molecular complexity index is 1030. The Balaban J connectivity index is 1.41. The van der Waals surface area contributed by atoms with Crippen LogP contribution in [0, 0.1) is 19.8 Å². The second kappa shape index (κ2) is 9.82. The molecule has 1 aromatic carbocycles. The number of hydrogen-bond acceptors (Lipinski definition) is 4. The first-order chi connectivity index (χ1) is 15.7. The Hall–Kier alpha value is -2.44. The van der Waals surface area contributed by atoms with Crippen LogP contribution in [0.15, 0.2) is 30.5 Å². The number of amides is 2. The number of piperazine rings is 1. The summed E-state index contributed by atoms with van der Waals surface area (Å²) < 4.78 is 0. The fourth-order valence-corrected chi connectivity index (χ4v) is 5.05. The number of benzene rings is 1. The van der Waals surface area contributed by atoms with Crippen LogP contribution >= 0.6 is 11.6 Å². The maximum absolute atomic E-state index is 12.8. The number of carbonyl (C=O) groups excluding carboxylic acids is 2. The van der Waals surface area contributed by atoms with Crippen LogP contribution in [-0.2, 0) is 13.0 Å². The molecule has 33 heavy (non-hydrogen) atoms. The summed E-state index contributed by atoms with van der Waals surface area (Å²) in [5, 5.41) is 0.647. The van der Waals surface area contributed by atoms with Crippen LogP contribution in [0.2, 0.25) is 5.02 Å². The summed E-state index contributed by atoms with van der Waals surface area (Å²) in [6.07, 6.45) is 1.94. The van der Waals surface area contributed by atoms with Crippen molar-refractivity contribution in [3.8, 4) is 0 Å². The highest BCUT2D eigenvalue weighted by molar-refractivity contribution is 6.30. The number of ketones is 1. The molecule has 2 aliphatic rings. The van der Waals surface area contributed by atoms with Gasteiger partial charge in [0.2, 0.25) is 0 Å². The standard InChI is InChI=1S/C26H33ClN4O2/c1-17-13-30(14-17)26(33)31-8-7-29(15-19(31)3)16-23-10-24(27)9-22(20(23)4)11-25(32)21-6-5-18(2)28-12-21/h5-6,9-10,12,17,19H,7-8,11,13-16H2,1-4H3/t19-/m0/s1. The lowest BCUT2D eigenvalue weighted by Crippen LogP contribution is -2.60. The summed E-state index contributed by atoms with van der Waals surface area (Å²) in [7, 11) is 0. The van der Waals surface area contributed by atoms with Gasteiger partial charge in [-0.25, -0.2) is 4.79 Å². The predicted octanol–water partition coefficient (Wildman–Crippen LogP) is 4.36. The minimum atomic E-state index is 0.0416. The molecule has 2 saturated heterocycles. The number of halogens is 1. The van der Waals surface area contributed by atoms with Gasteiger partial charge in [-0.3, -0.25) is 14.7 Å². The Morgan fingerprint density at radius 2 is 1.79 bits per heavy atom. The summed E-state index contributed by atoms with van der Waals surface area (Å²) in [4.78, 5) is 36.1. The zero-order valence-electron chi connectivity index (χ0n) is 20.0. The van der Waals surface area contributed by atoms with Crippen LogP contribution in [0.4, 0.5) is 4.79 Å². The summed E-state index contributed by atoms with van der Waals surface area (Å²) >= 11 is 6.45. The van der Waals surface area contributed by atoms with Gasteiger partial charge in [0.15, 0.2) is 5.78 Å². The molecular formula is C26H33ClN4O2. The maximum Gasteiger partial charge on any atom is 0.320 e. The van der Waals surface area contributed by atoms with Crippen LogP contribution in [0.5, 0.6) is 0 Å². The predicted molar refractivity (Wildman–Crippen MR) is 131 cm³/mol. The molecule has 2 aliphatic heterocycles. The Morgan fingerprint density at radius 1 is 1.06 bits per heavy atom. The molecule has 176 valence electrons. The summed E-state index contributed by atoms with van der Waals surface area (Å²) in [6, 6.07) is 7.92. The van der Waals surface area contributed by atoms with Gasteiger partial charge in [0.1, 0.15) is 0 Å². The monoisotopic (exact) mass is 468 g/mol. The molecule has 2 fully saturated rings. The smallest absolute Gasteiger partial charge is 0.320 e. The van der Waals surface area contributed by atoms with Crippen LogP contribution in [0.3, 0.4) is 0 Å². The molecule has 4 rings (SSSR count). The van der Waals surface area contributed by atoms with Gasteiger partial charge in [-0.2, -0.15) is 0 Å². The average molecular weight is 469 g/mol. The van der Waals surface area contributed by atoms with Gasteiger partial charge in [-0.1, -0.05) is 18.5 Å². The van der Waals surface area contributed by atoms with Gasteiger partial charge in [0.05, 0.1) is 0 Å². The number of nitrogens with zero attached hydrogens (tertiary/aromatic N) is 4. The van der Waals surface area contributed by atoms with Crippen molar-refractivity contribution in [3.63, 3.8) is 0 Å². The highest BCUT2D eigenvalue weighted by Crippen LogP contribution is 2.25. The fourth-order valence-electron chi connectivity index (χ4n) is 4.79. The van der Waals surface area contributed by atoms with E-state index in [0.29, 0.717) is 22.9 Å². The SMILES string of the molecule is Cc1ccc(C(=O)Cc2cc(Cl)cc(CN3CCN(C(=O)N4CC(C)C4)[C@@H](C)C3)c2C)cn1. The van der Waals surface area contributed by atoms with E-state index in [2.05, 4.69) is 30.7 Å². The largest absolute Gasteiger partial charge is 0.324 e. The normalized spacial score (nSPS) is 19.5. The van der Waals surface area contributed by atoms with Crippen molar-refractivity contribution < 1.29 is 9.59 Å². The Labute approximate surface area is 201 Å². The number of hydrogen-bond donors (Lipinski definition) is 0. The quantitative estimate of drug-likeness (QED) is 0.612. The molecule has 0 N–H and O–H groups in total. The van der Waals surface area contributed by atoms with Crippen molar-refractivity contribution in [2.24, 2.45) is 5.92 Å². The second-order valence-corrected chi connectivity index (χ2v) is 10.1. The minimum absolute atomic E-state index is 0.0416. The number of urea groups is 1. The second-order valence-electron chi connectivity index (χ2n) is 9.71. The third-order valence-electron chi connectivity index (χ3n) is 6.86. The average Bonchev–Trinajstić information content (AvgIpc) is 2.75. The van der Waals surface area contributed by atoms with E-state index in [-0.39, 0.29) is 17.9 Å². The lowest BCUT2D eigenvalue weighted by Gasteiger charge is -2.46. The minimum Gasteiger partial charge on any atom is -0.324 e. The van der Waals surface area contributed by atoms with Crippen molar-refractivity contribution in [1.82, 2.24) is 19.7 Å². The summed E-state index contributed by atoms with van der Waals surface area (Å²) in [5.74, 6) is 0.652. The van der Waals surface area contributed by atoms with Crippen molar-refractivity contribution in [1.29, 1.82) is 0 Å². The van der Waals surface area contributed by atoms with E-state index in [1.54, 1.807) is 6.20 Å². The van der Waals surface area contributed by atoms with Gasteiger partial charge in [0, 0.05) is 74.2 Å². The molecule has 0 saturated carbocycles. The molecule has 3 heterocycles. The number of Topliss-reactive ketones (excluding diaryl/α,β-unsaturated/α-hetero) is 1. The lowest BCUT2D eigenvalue weighted by molar-refractivity contribution is 0.0525.